The molecular weight excluding hydrogens is 413 g/mol. The summed E-state index contributed by atoms with van der Waals surface area (Å²) in [5, 5.41) is 4.37. The van der Waals surface area contributed by atoms with E-state index in [0.29, 0.717) is 11.5 Å². The van der Waals surface area contributed by atoms with E-state index in [0.717, 1.165) is 25.7 Å². The number of methoxy groups -OCH3 is 1. The quantitative estimate of drug-likeness (QED) is 0.667. The molecule has 2 amide bonds. The molecule has 1 fully saturated rings. The summed E-state index contributed by atoms with van der Waals surface area (Å²) in [4.78, 5) is 24.9. The second-order valence-electron chi connectivity index (χ2n) is 7.19. The molecule has 1 saturated carbocycles. The van der Waals surface area contributed by atoms with Gasteiger partial charge in [0.2, 0.25) is 0 Å². The van der Waals surface area contributed by atoms with Crippen molar-refractivity contribution in [2.75, 3.05) is 19.0 Å². The molecule has 0 aliphatic heterocycles. The smallest absolute Gasteiger partial charge is 0.405 e. The minimum Gasteiger partial charge on any atom is -0.493 e. The summed E-state index contributed by atoms with van der Waals surface area (Å²) in [6.45, 7) is -1.46. The Hall–Kier alpha value is -3.23. The maximum absolute atomic E-state index is 12.7. The monoisotopic (exact) mass is 436 g/mol. The van der Waals surface area contributed by atoms with Crippen LogP contribution in [0.5, 0.6) is 11.5 Å². The lowest BCUT2D eigenvalue weighted by atomic mass is 10.1. The van der Waals surface area contributed by atoms with Crippen LogP contribution in [-0.2, 0) is 0 Å². The summed E-state index contributed by atoms with van der Waals surface area (Å²) in [6, 6.07) is 10.6. The van der Waals surface area contributed by atoms with Gasteiger partial charge in [-0.1, -0.05) is 12.1 Å². The number of hydrogen-bond acceptors (Lipinski definition) is 4. The van der Waals surface area contributed by atoms with E-state index in [1.165, 1.54) is 31.4 Å². The van der Waals surface area contributed by atoms with Gasteiger partial charge in [-0.05, 0) is 56.0 Å². The van der Waals surface area contributed by atoms with Crippen LogP contribution in [0.1, 0.15) is 46.4 Å². The maximum Gasteiger partial charge on any atom is 0.405 e. The summed E-state index contributed by atoms with van der Waals surface area (Å²) in [5.74, 6) is -0.540. The molecule has 6 nitrogen and oxygen atoms in total. The second kappa shape index (κ2) is 9.72. The van der Waals surface area contributed by atoms with Crippen molar-refractivity contribution in [3.05, 3.63) is 53.6 Å². The van der Waals surface area contributed by atoms with Crippen molar-refractivity contribution >= 4 is 17.5 Å². The number of amides is 2. The number of hydrogen-bond donors (Lipinski definition) is 2. The number of anilines is 1. The van der Waals surface area contributed by atoms with Crippen molar-refractivity contribution in [3.63, 3.8) is 0 Å². The first-order valence-electron chi connectivity index (χ1n) is 9.87. The van der Waals surface area contributed by atoms with Crippen molar-refractivity contribution in [1.82, 2.24) is 5.32 Å². The van der Waals surface area contributed by atoms with Crippen LogP contribution >= 0.6 is 0 Å². The van der Waals surface area contributed by atoms with Gasteiger partial charge in [0.05, 0.1) is 24.5 Å². The highest BCUT2D eigenvalue weighted by molar-refractivity contribution is 6.09. The predicted molar refractivity (Wildman–Crippen MR) is 109 cm³/mol. The van der Waals surface area contributed by atoms with E-state index in [4.69, 9.17) is 9.47 Å². The standard InChI is InChI=1S/C22H23F3N2O4/c1-30-19-12-14(10-11-18(19)31-15-6-2-3-7-15)20(28)27-17-9-5-4-8-16(17)21(29)26-13-22(23,24)25/h4-5,8-12,15H,2-3,6-7,13H2,1H3,(H,26,29)(H,27,28). The van der Waals surface area contributed by atoms with E-state index in [-0.39, 0.29) is 22.9 Å². The van der Waals surface area contributed by atoms with E-state index < -0.39 is 24.5 Å². The SMILES string of the molecule is COc1cc(C(=O)Nc2ccccc2C(=O)NCC(F)(F)F)ccc1OC1CCCC1. The summed E-state index contributed by atoms with van der Waals surface area (Å²) in [5.41, 5.74) is 0.270. The van der Waals surface area contributed by atoms with Gasteiger partial charge in [-0.3, -0.25) is 9.59 Å². The van der Waals surface area contributed by atoms with Gasteiger partial charge in [0.1, 0.15) is 6.54 Å². The molecule has 0 unspecified atom stereocenters. The van der Waals surface area contributed by atoms with Crippen molar-refractivity contribution < 1.29 is 32.2 Å². The normalized spacial score (nSPS) is 14.2. The maximum atomic E-state index is 12.7. The molecule has 2 N–H and O–H groups in total. The molecule has 0 atom stereocenters. The van der Waals surface area contributed by atoms with E-state index in [1.807, 2.05) is 0 Å². The summed E-state index contributed by atoms with van der Waals surface area (Å²) >= 11 is 0. The highest BCUT2D eigenvalue weighted by atomic mass is 19.4. The fourth-order valence-electron chi connectivity index (χ4n) is 3.35. The Balaban J connectivity index is 1.73. The summed E-state index contributed by atoms with van der Waals surface area (Å²) in [6.07, 6.45) is -0.243. The molecule has 1 aliphatic rings. The third kappa shape index (κ3) is 6.13. The van der Waals surface area contributed by atoms with E-state index in [1.54, 1.807) is 23.5 Å². The molecule has 0 aromatic heterocycles. The molecule has 0 saturated heterocycles. The van der Waals surface area contributed by atoms with E-state index >= 15 is 0 Å². The van der Waals surface area contributed by atoms with Gasteiger partial charge in [-0.25, -0.2) is 0 Å². The molecule has 0 spiro atoms. The van der Waals surface area contributed by atoms with Gasteiger partial charge in [-0.2, -0.15) is 13.2 Å². The number of benzene rings is 2. The molecule has 0 bridgehead atoms. The summed E-state index contributed by atoms with van der Waals surface area (Å²) in [7, 11) is 1.47. The molecular formula is C22H23F3N2O4. The molecule has 166 valence electrons. The molecule has 3 rings (SSSR count). The third-order valence-corrected chi connectivity index (χ3v) is 4.89. The Bertz CT molecular complexity index is 941. The number of para-hydroxylation sites is 1. The zero-order valence-corrected chi connectivity index (χ0v) is 16.9. The Morgan fingerprint density at radius 2 is 1.74 bits per heavy atom. The number of carbonyl (C=O) groups is 2. The predicted octanol–water partition coefficient (Wildman–Crippen LogP) is 4.56. The Labute approximate surface area is 177 Å². The Morgan fingerprint density at radius 3 is 2.42 bits per heavy atom. The van der Waals surface area contributed by atoms with Crippen molar-refractivity contribution in [3.8, 4) is 11.5 Å². The van der Waals surface area contributed by atoms with Crippen LogP contribution in [0, 0.1) is 0 Å². The fraction of sp³-hybridized carbons (Fsp3) is 0.364. The van der Waals surface area contributed by atoms with Crippen molar-refractivity contribution in [2.45, 2.75) is 38.0 Å². The van der Waals surface area contributed by atoms with Gasteiger partial charge in [-0.15, -0.1) is 0 Å². The number of halogens is 3. The van der Waals surface area contributed by atoms with E-state index in [9.17, 15) is 22.8 Å². The van der Waals surface area contributed by atoms with Crippen LogP contribution in [0.3, 0.4) is 0 Å². The van der Waals surface area contributed by atoms with Crippen molar-refractivity contribution in [2.24, 2.45) is 0 Å². The zero-order valence-electron chi connectivity index (χ0n) is 16.9. The number of carbonyl (C=O) groups excluding carboxylic acids is 2. The van der Waals surface area contributed by atoms with Crippen LogP contribution in [0.15, 0.2) is 42.5 Å². The molecule has 0 heterocycles. The van der Waals surface area contributed by atoms with Crippen LogP contribution in [0.25, 0.3) is 0 Å². The van der Waals surface area contributed by atoms with Gasteiger partial charge in [0.25, 0.3) is 11.8 Å². The van der Waals surface area contributed by atoms with Crippen LogP contribution in [0.4, 0.5) is 18.9 Å². The van der Waals surface area contributed by atoms with Crippen LogP contribution in [0.2, 0.25) is 0 Å². The molecule has 2 aromatic carbocycles. The molecule has 0 radical (unpaired) electrons. The average Bonchev–Trinajstić information content (AvgIpc) is 3.25. The van der Waals surface area contributed by atoms with Crippen LogP contribution in [-0.4, -0.2) is 37.7 Å². The second-order valence-corrected chi connectivity index (χ2v) is 7.19. The zero-order chi connectivity index (χ0) is 22.4. The molecule has 9 heteroatoms. The van der Waals surface area contributed by atoms with Gasteiger partial charge < -0.3 is 20.1 Å². The van der Waals surface area contributed by atoms with Gasteiger partial charge in [0.15, 0.2) is 11.5 Å². The number of nitrogens with one attached hydrogen (secondary N) is 2. The largest absolute Gasteiger partial charge is 0.493 e. The fourth-order valence-corrected chi connectivity index (χ4v) is 3.35. The number of alkyl halides is 3. The van der Waals surface area contributed by atoms with Crippen LogP contribution < -0.4 is 20.1 Å². The molecule has 1 aliphatic carbocycles. The number of ether oxygens (including phenoxy) is 2. The first-order chi connectivity index (χ1) is 14.8. The first kappa shape index (κ1) is 22.5. The minimum atomic E-state index is -4.54. The molecule has 31 heavy (non-hydrogen) atoms. The highest BCUT2D eigenvalue weighted by Gasteiger charge is 2.28. The third-order valence-electron chi connectivity index (χ3n) is 4.89. The lowest BCUT2D eigenvalue weighted by Gasteiger charge is -2.17. The average molecular weight is 436 g/mol. The Kier molecular flexibility index (Phi) is 7.04. The topological polar surface area (TPSA) is 76.7 Å². The molecule has 2 aromatic rings. The highest BCUT2D eigenvalue weighted by Crippen LogP contribution is 2.32. The minimum absolute atomic E-state index is 0.0757. The van der Waals surface area contributed by atoms with Crippen molar-refractivity contribution in [1.29, 1.82) is 0 Å². The lowest BCUT2D eigenvalue weighted by Crippen LogP contribution is -2.34. The summed E-state index contributed by atoms with van der Waals surface area (Å²) < 4.78 is 48.5. The number of rotatable bonds is 7. The van der Waals surface area contributed by atoms with Gasteiger partial charge >= 0.3 is 6.18 Å². The van der Waals surface area contributed by atoms with E-state index in [2.05, 4.69) is 5.32 Å². The lowest BCUT2D eigenvalue weighted by molar-refractivity contribution is -0.123. The Morgan fingerprint density at radius 1 is 1.03 bits per heavy atom. The van der Waals surface area contributed by atoms with Gasteiger partial charge in [0, 0.05) is 5.56 Å². The first-order valence-corrected chi connectivity index (χ1v) is 9.87.